The van der Waals surface area contributed by atoms with Gasteiger partial charge in [0.05, 0.1) is 11.6 Å². The zero-order chi connectivity index (χ0) is 10.7. The van der Waals surface area contributed by atoms with Crippen molar-refractivity contribution >= 4 is 5.69 Å². The molecule has 2 N–H and O–H groups in total. The maximum atomic E-state index is 8.71. The van der Waals surface area contributed by atoms with E-state index in [9.17, 15) is 0 Å². The largest absolute Gasteiger partial charge is 0.393 e. The lowest BCUT2D eigenvalue weighted by Gasteiger charge is -1.99. The molecule has 0 unspecified atom stereocenters. The normalized spacial score (nSPS) is 9.53. The second-order valence-electron chi connectivity index (χ2n) is 3.17. The predicted octanol–water partition coefficient (Wildman–Crippen LogP) is 1.42. The zero-order valence-corrected chi connectivity index (χ0v) is 8.09. The number of anilines is 1. The Morgan fingerprint density at radius 1 is 1.13 bits per heavy atom. The molecule has 0 aliphatic rings. The van der Waals surface area contributed by atoms with E-state index in [0.717, 1.165) is 5.69 Å². The first-order valence-corrected chi connectivity index (χ1v) is 4.57. The van der Waals surface area contributed by atoms with Crippen molar-refractivity contribution in [3.8, 4) is 11.8 Å². The van der Waals surface area contributed by atoms with Gasteiger partial charge in [-0.25, -0.2) is 0 Å². The van der Waals surface area contributed by atoms with E-state index in [1.54, 1.807) is 12.1 Å². The van der Waals surface area contributed by atoms with E-state index in [-0.39, 0.29) is 0 Å². The van der Waals surface area contributed by atoms with Gasteiger partial charge in [-0.15, -0.1) is 0 Å². The Hall–Kier alpha value is -2.34. The fourth-order valence-electron chi connectivity index (χ4n) is 1.42. The average molecular weight is 196 g/mol. The molecule has 0 saturated carbocycles. The summed E-state index contributed by atoms with van der Waals surface area (Å²) in [6.07, 6.45) is 3.83. The molecule has 0 amide bonds. The van der Waals surface area contributed by atoms with Crippen molar-refractivity contribution < 1.29 is 4.57 Å². The summed E-state index contributed by atoms with van der Waals surface area (Å²) < 4.78 is 1.91. The van der Waals surface area contributed by atoms with Gasteiger partial charge in [-0.3, -0.25) is 0 Å². The van der Waals surface area contributed by atoms with Crippen molar-refractivity contribution in [3.05, 3.63) is 54.4 Å². The van der Waals surface area contributed by atoms with Crippen molar-refractivity contribution in [2.75, 3.05) is 5.73 Å². The molecular formula is C12H10N3+. The molecule has 0 fully saturated rings. The highest BCUT2D eigenvalue weighted by atomic mass is 15.0. The number of nitriles is 1. The highest BCUT2D eigenvalue weighted by molar-refractivity contribution is 5.56. The number of nitrogen functional groups attached to an aromatic ring is 1. The van der Waals surface area contributed by atoms with Gasteiger partial charge in [-0.2, -0.15) is 9.83 Å². The summed E-state index contributed by atoms with van der Waals surface area (Å²) in [5, 5.41) is 8.71. The Bertz CT molecular complexity index is 512. The fourth-order valence-corrected chi connectivity index (χ4v) is 1.42. The molecule has 0 spiro atoms. The lowest BCUT2D eigenvalue weighted by atomic mass is 10.2. The molecule has 3 nitrogen and oxygen atoms in total. The molecule has 1 aromatic carbocycles. The van der Waals surface area contributed by atoms with Crippen LogP contribution in [-0.2, 0) is 0 Å². The summed E-state index contributed by atoms with van der Waals surface area (Å²) in [6.45, 7) is 0. The molecule has 0 atom stereocenters. The summed E-state index contributed by atoms with van der Waals surface area (Å²) in [4.78, 5) is 0. The van der Waals surface area contributed by atoms with Gasteiger partial charge in [-0.05, 0) is 12.1 Å². The number of nitrogens with zero attached hydrogens (tertiary/aromatic N) is 2. The summed E-state index contributed by atoms with van der Waals surface area (Å²) in [5.74, 6) is 0. The van der Waals surface area contributed by atoms with Gasteiger partial charge in [0.2, 0.25) is 5.69 Å². The van der Waals surface area contributed by atoms with Gasteiger partial charge in [0.1, 0.15) is 5.69 Å². The van der Waals surface area contributed by atoms with Gasteiger partial charge in [0.15, 0.2) is 12.4 Å². The number of hydrogen-bond donors (Lipinski definition) is 1. The van der Waals surface area contributed by atoms with Crippen molar-refractivity contribution in [2.24, 2.45) is 0 Å². The molecule has 1 aromatic heterocycles. The van der Waals surface area contributed by atoms with E-state index in [4.69, 9.17) is 11.0 Å². The molecule has 0 bridgehead atoms. The van der Waals surface area contributed by atoms with E-state index in [0.29, 0.717) is 11.3 Å². The molecule has 0 radical (unpaired) electrons. The van der Waals surface area contributed by atoms with Crippen LogP contribution in [0.2, 0.25) is 0 Å². The molecule has 0 aliphatic heterocycles. The quantitative estimate of drug-likeness (QED) is 0.554. The van der Waals surface area contributed by atoms with Crippen molar-refractivity contribution in [1.29, 1.82) is 5.26 Å². The van der Waals surface area contributed by atoms with Crippen LogP contribution in [0.5, 0.6) is 0 Å². The van der Waals surface area contributed by atoms with E-state index in [1.165, 1.54) is 0 Å². The third kappa shape index (κ3) is 1.79. The van der Waals surface area contributed by atoms with Gasteiger partial charge in [-0.1, -0.05) is 6.07 Å². The molecular weight excluding hydrogens is 186 g/mol. The number of rotatable bonds is 1. The molecule has 0 saturated heterocycles. The predicted molar refractivity (Wildman–Crippen MR) is 57.1 cm³/mol. The fraction of sp³-hybridized carbons (Fsp3) is 0. The standard InChI is InChI=1S/C12H10N3/c13-9-10-4-5-12(11(14)8-10)15-6-2-1-3-7-15/h1-8H,14H2/q+1. The molecule has 15 heavy (non-hydrogen) atoms. The first-order chi connectivity index (χ1) is 7.31. The Balaban J connectivity index is 2.52. The van der Waals surface area contributed by atoms with E-state index in [1.807, 2.05) is 41.2 Å². The molecule has 2 aromatic rings. The number of aromatic nitrogens is 1. The maximum absolute atomic E-state index is 8.71. The van der Waals surface area contributed by atoms with Crippen LogP contribution >= 0.6 is 0 Å². The minimum absolute atomic E-state index is 0.577. The minimum atomic E-state index is 0.577. The highest BCUT2D eigenvalue weighted by Gasteiger charge is 2.09. The van der Waals surface area contributed by atoms with E-state index >= 15 is 0 Å². The monoisotopic (exact) mass is 196 g/mol. The van der Waals surface area contributed by atoms with Crippen LogP contribution in [0, 0.1) is 11.3 Å². The summed E-state index contributed by atoms with van der Waals surface area (Å²) in [6, 6.07) is 13.1. The highest BCUT2D eigenvalue weighted by Crippen LogP contribution is 2.13. The van der Waals surface area contributed by atoms with Crippen LogP contribution < -0.4 is 10.3 Å². The molecule has 0 aliphatic carbocycles. The number of pyridine rings is 1. The minimum Gasteiger partial charge on any atom is -0.393 e. The zero-order valence-electron chi connectivity index (χ0n) is 8.09. The smallest absolute Gasteiger partial charge is 0.233 e. The first kappa shape index (κ1) is 9.22. The number of benzene rings is 1. The third-order valence-electron chi connectivity index (χ3n) is 2.15. The maximum Gasteiger partial charge on any atom is 0.233 e. The first-order valence-electron chi connectivity index (χ1n) is 4.57. The van der Waals surface area contributed by atoms with Gasteiger partial charge < -0.3 is 5.73 Å². The van der Waals surface area contributed by atoms with Crippen molar-refractivity contribution in [2.45, 2.75) is 0 Å². The molecule has 3 heteroatoms. The summed E-state index contributed by atoms with van der Waals surface area (Å²) in [5.41, 5.74) is 7.92. The van der Waals surface area contributed by atoms with Crippen LogP contribution in [0.25, 0.3) is 5.69 Å². The molecule has 72 valence electrons. The SMILES string of the molecule is N#Cc1ccc(-[n+]2ccccc2)c(N)c1. The Labute approximate surface area is 88.0 Å². The van der Waals surface area contributed by atoms with Gasteiger partial charge in [0, 0.05) is 18.2 Å². The van der Waals surface area contributed by atoms with Crippen LogP contribution in [0.1, 0.15) is 5.56 Å². The lowest BCUT2D eigenvalue weighted by Crippen LogP contribution is -2.30. The Morgan fingerprint density at radius 2 is 1.87 bits per heavy atom. The summed E-state index contributed by atoms with van der Waals surface area (Å²) in [7, 11) is 0. The second-order valence-corrected chi connectivity index (χ2v) is 3.17. The van der Waals surface area contributed by atoms with Crippen LogP contribution in [0.4, 0.5) is 5.69 Å². The van der Waals surface area contributed by atoms with E-state index < -0.39 is 0 Å². The third-order valence-corrected chi connectivity index (χ3v) is 2.15. The van der Waals surface area contributed by atoms with Crippen LogP contribution in [0.15, 0.2) is 48.8 Å². The topological polar surface area (TPSA) is 53.7 Å². The van der Waals surface area contributed by atoms with Crippen LogP contribution in [0.3, 0.4) is 0 Å². The summed E-state index contributed by atoms with van der Waals surface area (Å²) >= 11 is 0. The Kier molecular flexibility index (Phi) is 2.34. The molecule has 1 heterocycles. The molecule has 2 rings (SSSR count). The average Bonchev–Trinajstić information content (AvgIpc) is 2.30. The van der Waals surface area contributed by atoms with E-state index in [2.05, 4.69) is 6.07 Å². The number of hydrogen-bond acceptors (Lipinski definition) is 2. The van der Waals surface area contributed by atoms with Crippen LogP contribution in [-0.4, -0.2) is 0 Å². The van der Waals surface area contributed by atoms with Gasteiger partial charge >= 0.3 is 0 Å². The second kappa shape index (κ2) is 3.81. The number of nitrogens with two attached hydrogens (primary N) is 1. The van der Waals surface area contributed by atoms with Gasteiger partial charge in [0.25, 0.3) is 0 Å². The Morgan fingerprint density at radius 3 is 2.47 bits per heavy atom. The van der Waals surface area contributed by atoms with Crippen molar-refractivity contribution in [3.63, 3.8) is 0 Å². The lowest BCUT2D eigenvalue weighted by molar-refractivity contribution is -0.594. The van der Waals surface area contributed by atoms with Crippen molar-refractivity contribution in [1.82, 2.24) is 0 Å².